The molecule has 0 aromatic heterocycles. The summed E-state index contributed by atoms with van der Waals surface area (Å²) in [5.74, 6) is -1.17. The zero-order valence-electron chi connectivity index (χ0n) is 10.8. The summed E-state index contributed by atoms with van der Waals surface area (Å²) in [5.41, 5.74) is -1.16. The van der Waals surface area contributed by atoms with Crippen LogP contribution in [0.15, 0.2) is 18.2 Å². The van der Waals surface area contributed by atoms with Crippen molar-refractivity contribution in [1.82, 2.24) is 4.90 Å². The third kappa shape index (κ3) is 2.83. The monoisotopic (exact) mass is 276 g/mol. The van der Waals surface area contributed by atoms with Gasteiger partial charge in [-0.3, -0.25) is 0 Å². The second-order valence-electron chi connectivity index (χ2n) is 4.94. The summed E-state index contributed by atoms with van der Waals surface area (Å²) in [6, 6.07) is 3.43. The van der Waals surface area contributed by atoms with Gasteiger partial charge < -0.3 is 9.80 Å². The average molecular weight is 276 g/mol. The lowest BCUT2D eigenvalue weighted by Gasteiger charge is -2.40. The summed E-state index contributed by atoms with van der Waals surface area (Å²) in [5, 5.41) is 0. The molecule has 2 rings (SSSR count). The number of benzene rings is 1. The predicted octanol–water partition coefficient (Wildman–Crippen LogP) is 2.98. The summed E-state index contributed by atoms with van der Waals surface area (Å²) < 4.78 is 52.1. The van der Waals surface area contributed by atoms with Gasteiger partial charge in [0, 0.05) is 25.7 Å². The largest absolute Gasteiger partial charge is 0.419 e. The maximum Gasteiger partial charge on any atom is 0.419 e. The van der Waals surface area contributed by atoms with Crippen LogP contribution in [0.25, 0.3) is 0 Å². The summed E-state index contributed by atoms with van der Waals surface area (Å²) in [7, 11) is 1.94. The Morgan fingerprint density at radius 2 is 1.89 bits per heavy atom. The van der Waals surface area contributed by atoms with Crippen molar-refractivity contribution in [1.29, 1.82) is 0 Å². The fourth-order valence-electron chi connectivity index (χ4n) is 2.46. The minimum Gasteiger partial charge on any atom is -0.364 e. The first-order valence-corrected chi connectivity index (χ1v) is 6.11. The third-order valence-corrected chi connectivity index (χ3v) is 3.42. The minimum atomic E-state index is -4.66. The van der Waals surface area contributed by atoms with Crippen LogP contribution in [-0.4, -0.2) is 37.6 Å². The Morgan fingerprint density at radius 3 is 2.47 bits per heavy atom. The number of alkyl halides is 3. The van der Waals surface area contributed by atoms with Gasteiger partial charge in [-0.25, -0.2) is 4.39 Å². The number of rotatable bonds is 1. The van der Waals surface area contributed by atoms with Crippen molar-refractivity contribution >= 4 is 5.69 Å². The number of hydrogen-bond acceptors (Lipinski definition) is 2. The van der Waals surface area contributed by atoms with Gasteiger partial charge in [-0.05, 0) is 26.1 Å². The van der Waals surface area contributed by atoms with Gasteiger partial charge in [0.2, 0.25) is 0 Å². The van der Waals surface area contributed by atoms with E-state index in [4.69, 9.17) is 0 Å². The van der Waals surface area contributed by atoms with Gasteiger partial charge >= 0.3 is 6.18 Å². The van der Waals surface area contributed by atoms with Gasteiger partial charge in [-0.1, -0.05) is 6.07 Å². The number of anilines is 1. The Labute approximate surface area is 109 Å². The molecule has 106 valence electrons. The van der Waals surface area contributed by atoms with Crippen molar-refractivity contribution in [2.75, 3.05) is 31.6 Å². The van der Waals surface area contributed by atoms with E-state index in [1.165, 1.54) is 12.1 Å². The fourth-order valence-corrected chi connectivity index (χ4v) is 2.46. The molecule has 0 N–H and O–H groups in total. The van der Waals surface area contributed by atoms with Gasteiger partial charge in [0.25, 0.3) is 0 Å². The second-order valence-corrected chi connectivity index (χ2v) is 4.94. The smallest absolute Gasteiger partial charge is 0.364 e. The number of hydrogen-bond donors (Lipinski definition) is 0. The fraction of sp³-hybridized carbons (Fsp3) is 0.538. The molecular weight excluding hydrogens is 260 g/mol. The van der Waals surface area contributed by atoms with Crippen molar-refractivity contribution in [3.63, 3.8) is 0 Å². The van der Waals surface area contributed by atoms with Crippen LogP contribution in [0.4, 0.5) is 23.2 Å². The van der Waals surface area contributed by atoms with Crippen molar-refractivity contribution in [3.8, 4) is 0 Å². The molecule has 0 aliphatic carbocycles. The Kier molecular flexibility index (Phi) is 3.71. The summed E-state index contributed by atoms with van der Waals surface area (Å²) in [6.45, 7) is 3.82. The average Bonchev–Trinajstić information content (AvgIpc) is 2.28. The molecule has 0 bridgehead atoms. The Morgan fingerprint density at radius 1 is 1.21 bits per heavy atom. The summed E-state index contributed by atoms with van der Waals surface area (Å²) in [4.78, 5) is 3.78. The predicted molar refractivity (Wildman–Crippen MR) is 65.7 cm³/mol. The van der Waals surface area contributed by atoms with E-state index in [1.54, 1.807) is 4.90 Å². The van der Waals surface area contributed by atoms with Gasteiger partial charge in [0.1, 0.15) is 0 Å². The number of piperazine rings is 1. The van der Waals surface area contributed by atoms with Crippen molar-refractivity contribution in [3.05, 3.63) is 29.6 Å². The van der Waals surface area contributed by atoms with E-state index in [2.05, 4.69) is 4.90 Å². The molecular formula is C13H16F4N2. The van der Waals surface area contributed by atoms with Gasteiger partial charge in [-0.2, -0.15) is 13.2 Å². The second kappa shape index (κ2) is 5.00. The van der Waals surface area contributed by atoms with Crippen LogP contribution in [0.5, 0.6) is 0 Å². The highest BCUT2D eigenvalue weighted by Crippen LogP contribution is 2.35. The minimum absolute atomic E-state index is 0.0169. The molecule has 0 saturated carbocycles. The van der Waals surface area contributed by atoms with Gasteiger partial charge in [0.15, 0.2) is 5.82 Å². The number of likely N-dealkylation sites (N-methyl/N-ethyl adjacent to an activating group) is 1. The van der Waals surface area contributed by atoms with Crippen molar-refractivity contribution < 1.29 is 17.6 Å². The molecule has 6 heteroatoms. The van der Waals surface area contributed by atoms with Crippen LogP contribution < -0.4 is 4.90 Å². The van der Waals surface area contributed by atoms with Crippen molar-refractivity contribution in [2.24, 2.45) is 0 Å². The van der Waals surface area contributed by atoms with E-state index in [1.807, 2.05) is 14.0 Å². The number of halogens is 4. The third-order valence-electron chi connectivity index (χ3n) is 3.42. The molecule has 1 heterocycles. The van der Waals surface area contributed by atoms with Crippen LogP contribution in [0, 0.1) is 5.82 Å². The molecule has 19 heavy (non-hydrogen) atoms. The maximum absolute atomic E-state index is 14.0. The summed E-state index contributed by atoms with van der Waals surface area (Å²) in [6.07, 6.45) is -4.66. The molecule has 1 saturated heterocycles. The zero-order chi connectivity index (χ0) is 14.2. The number of nitrogens with zero attached hydrogens (tertiary/aromatic N) is 2. The van der Waals surface area contributed by atoms with E-state index < -0.39 is 17.6 Å². The van der Waals surface area contributed by atoms with E-state index in [-0.39, 0.29) is 11.7 Å². The standard InChI is InChI=1S/C13H16F4N2/c1-9-8-18(2)6-7-19(9)11-5-3-4-10(12(11)14)13(15,16)17/h3-5,9H,6-8H2,1-2H3/t9-/m0/s1. The highest BCUT2D eigenvalue weighted by Gasteiger charge is 2.36. The molecule has 0 unspecified atom stereocenters. The van der Waals surface area contributed by atoms with Gasteiger partial charge in [-0.15, -0.1) is 0 Å². The topological polar surface area (TPSA) is 6.48 Å². The SMILES string of the molecule is C[C@H]1CN(C)CCN1c1cccc(C(F)(F)F)c1F. The molecule has 0 spiro atoms. The molecule has 1 aliphatic heterocycles. The van der Waals surface area contributed by atoms with E-state index >= 15 is 0 Å². The lowest BCUT2D eigenvalue weighted by Crippen LogP contribution is -2.50. The lowest BCUT2D eigenvalue weighted by atomic mass is 10.1. The Balaban J connectivity index is 2.36. The van der Waals surface area contributed by atoms with E-state index in [9.17, 15) is 17.6 Å². The molecule has 1 atom stereocenters. The van der Waals surface area contributed by atoms with Crippen LogP contribution in [0.2, 0.25) is 0 Å². The maximum atomic E-state index is 14.0. The highest BCUT2D eigenvalue weighted by molar-refractivity contribution is 5.52. The van der Waals surface area contributed by atoms with E-state index in [0.29, 0.717) is 19.6 Å². The molecule has 1 aliphatic rings. The molecule has 1 aromatic carbocycles. The lowest BCUT2D eigenvalue weighted by molar-refractivity contribution is -0.139. The Bertz CT molecular complexity index is 458. The van der Waals surface area contributed by atoms with Gasteiger partial charge in [0.05, 0.1) is 11.3 Å². The molecule has 0 amide bonds. The summed E-state index contributed by atoms with van der Waals surface area (Å²) >= 11 is 0. The van der Waals surface area contributed by atoms with Crippen LogP contribution in [0.3, 0.4) is 0 Å². The van der Waals surface area contributed by atoms with E-state index in [0.717, 1.165) is 6.07 Å². The quantitative estimate of drug-likeness (QED) is 0.728. The van der Waals surface area contributed by atoms with Crippen LogP contribution in [0.1, 0.15) is 12.5 Å². The zero-order valence-corrected chi connectivity index (χ0v) is 10.8. The molecule has 2 nitrogen and oxygen atoms in total. The van der Waals surface area contributed by atoms with Crippen molar-refractivity contribution in [2.45, 2.75) is 19.1 Å². The molecule has 0 radical (unpaired) electrons. The first kappa shape index (κ1) is 14.1. The van der Waals surface area contributed by atoms with Crippen LogP contribution in [-0.2, 0) is 6.18 Å². The highest BCUT2D eigenvalue weighted by atomic mass is 19.4. The first-order valence-electron chi connectivity index (χ1n) is 6.11. The van der Waals surface area contributed by atoms with Crippen LogP contribution >= 0.6 is 0 Å². The normalized spacial score (nSPS) is 21.8. The molecule has 1 fully saturated rings. The first-order chi connectivity index (χ1) is 8.80. The molecule has 1 aromatic rings. The Hall–Kier alpha value is -1.30.